The Balaban J connectivity index is 1.55. The van der Waals surface area contributed by atoms with Crippen LogP contribution in [-0.4, -0.2) is 29.3 Å². The normalized spacial score (nSPS) is 15.7. The number of imide groups is 1. The van der Waals surface area contributed by atoms with Gasteiger partial charge in [-0.05, 0) is 23.3 Å². The molecule has 1 unspecified atom stereocenters. The third-order valence-corrected chi connectivity index (χ3v) is 5.00. The summed E-state index contributed by atoms with van der Waals surface area (Å²) in [7, 11) is 0. The molecule has 0 spiro atoms. The zero-order valence-corrected chi connectivity index (χ0v) is 16.3. The number of hydrogen-bond donors (Lipinski definition) is 1. The van der Waals surface area contributed by atoms with E-state index < -0.39 is 18.0 Å². The highest BCUT2D eigenvalue weighted by Crippen LogP contribution is 2.23. The number of hydrogen-bond acceptors (Lipinski definition) is 3. The monoisotopic (exact) mass is 399 g/mol. The molecule has 6 heteroatoms. The summed E-state index contributed by atoms with van der Waals surface area (Å²) in [6, 6.07) is 26.5. The minimum absolute atomic E-state index is 0.324. The molecular formula is C24H21N3O3. The maximum atomic E-state index is 13.2. The molecule has 1 aliphatic rings. The van der Waals surface area contributed by atoms with E-state index in [1.165, 1.54) is 0 Å². The van der Waals surface area contributed by atoms with Crippen molar-refractivity contribution < 1.29 is 14.4 Å². The van der Waals surface area contributed by atoms with Crippen LogP contribution in [0.25, 0.3) is 0 Å². The van der Waals surface area contributed by atoms with Crippen LogP contribution in [0.3, 0.4) is 0 Å². The Morgan fingerprint density at radius 3 is 2.03 bits per heavy atom. The quantitative estimate of drug-likeness (QED) is 0.645. The number of para-hydroxylation sites is 1. The predicted octanol–water partition coefficient (Wildman–Crippen LogP) is 3.51. The molecule has 0 radical (unpaired) electrons. The molecule has 0 aliphatic carbocycles. The van der Waals surface area contributed by atoms with Crippen LogP contribution in [0.5, 0.6) is 0 Å². The Morgan fingerprint density at radius 2 is 1.40 bits per heavy atom. The first-order valence-electron chi connectivity index (χ1n) is 9.69. The Hall–Kier alpha value is -3.93. The highest BCUT2D eigenvalue weighted by Gasteiger charge is 2.40. The third-order valence-electron chi connectivity index (χ3n) is 5.00. The molecule has 6 nitrogen and oxygen atoms in total. The number of rotatable bonds is 6. The molecule has 4 amide bonds. The van der Waals surface area contributed by atoms with E-state index in [1.807, 2.05) is 66.7 Å². The fourth-order valence-corrected chi connectivity index (χ4v) is 3.46. The van der Waals surface area contributed by atoms with Crippen molar-refractivity contribution in [3.05, 3.63) is 102 Å². The average Bonchev–Trinajstić information content (AvgIpc) is 3.07. The average molecular weight is 399 g/mol. The maximum absolute atomic E-state index is 13.2. The number of carbonyl (C=O) groups is 3. The molecular weight excluding hydrogens is 378 g/mol. The largest absolute Gasteiger partial charge is 0.325 e. The van der Waals surface area contributed by atoms with Gasteiger partial charge in [0.2, 0.25) is 5.91 Å². The lowest BCUT2D eigenvalue weighted by molar-refractivity contribution is -0.131. The molecule has 30 heavy (non-hydrogen) atoms. The Labute approximate surface area is 174 Å². The van der Waals surface area contributed by atoms with Crippen molar-refractivity contribution in [3.8, 4) is 0 Å². The van der Waals surface area contributed by atoms with Gasteiger partial charge >= 0.3 is 6.03 Å². The van der Waals surface area contributed by atoms with Gasteiger partial charge in [-0.2, -0.15) is 0 Å². The van der Waals surface area contributed by atoms with Gasteiger partial charge in [0.25, 0.3) is 5.91 Å². The van der Waals surface area contributed by atoms with Crippen LogP contribution in [0.15, 0.2) is 91.0 Å². The van der Waals surface area contributed by atoms with E-state index in [1.54, 1.807) is 29.2 Å². The van der Waals surface area contributed by atoms with Crippen LogP contribution in [0.2, 0.25) is 0 Å². The van der Waals surface area contributed by atoms with Crippen molar-refractivity contribution in [2.75, 3.05) is 11.4 Å². The van der Waals surface area contributed by atoms with Crippen LogP contribution in [0, 0.1) is 0 Å². The molecule has 1 saturated heterocycles. The second-order valence-corrected chi connectivity index (χ2v) is 7.02. The van der Waals surface area contributed by atoms with Crippen LogP contribution in [0.1, 0.15) is 17.2 Å². The number of anilines is 1. The Kier molecular flexibility index (Phi) is 5.57. The first-order chi connectivity index (χ1) is 14.6. The number of carbonyl (C=O) groups excluding carboxylic acids is 3. The molecule has 1 heterocycles. The maximum Gasteiger partial charge on any atom is 0.325 e. The lowest BCUT2D eigenvalue weighted by Crippen LogP contribution is -2.43. The van der Waals surface area contributed by atoms with Crippen molar-refractivity contribution >= 4 is 23.5 Å². The standard InChI is InChI=1S/C24H21N3O3/c28-21(17-27-23(29)22(25-24(27)30)19-12-6-2-7-13-19)26(20-14-8-3-9-15-20)16-18-10-4-1-5-11-18/h1-15,22H,16-17H2,(H,25,30). The third kappa shape index (κ3) is 4.07. The topological polar surface area (TPSA) is 69.7 Å². The molecule has 4 rings (SSSR count). The van der Waals surface area contributed by atoms with Gasteiger partial charge in [0.1, 0.15) is 12.6 Å². The number of benzene rings is 3. The molecule has 1 N–H and O–H groups in total. The number of amides is 4. The lowest BCUT2D eigenvalue weighted by atomic mass is 10.1. The molecule has 0 aromatic heterocycles. The summed E-state index contributed by atoms with van der Waals surface area (Å²) in [5.41, 5.74) is 2.35. The summed E-state index contributed by atoms with van der Waals surface area (Å²) in [6.45, 7) is 0.0190. The number of nitrogens with one attached hydrogen (secondary N) is 1. The summed E-state index contributed by atoms with van der Waals surface area (Å²) in [4.78, 5) is 41.1. The minimum atomic E-state index is -0.772. The van der Waals surface area contributed by atoms with E-state index in [4.69, 9.17) is 0 Å². The second kappa shape index (κ2) is 8.61. The van der Waals surface area contributed by atoms with Gasteiger partial charge < -0.3 is 10.2 Å². The SMILES string of the molecule is O=C1NC(c2ccccc2)C(=O)N1CC(=O)N(Cc1ccccc1)c1ccccc1. The summed E-state index contributed by atoms with van der Waals surface area (Å²) < 4.78 is 0. The zero-order valence-electron chi connectivity index (χ0n) is 16.3. The van der Waals surface area contributed by atoms with Gasteiger partial charge in [0.15, 0.2) is 0 Å². The summed E-state index contributed by atoms with van der Waals surface area (Å²) in [6.07, 6.45) is 0. The Bertz CT molecular complexity index is 1040. The molecule has 1 fully saturated rings. The van der Waals surface area contributed by atoms with E-state index in [0.717, 1.165) is 10.5 Å². The first-order valence-corrected chi connectivity index (χ1v) is 9.69. The van der Waals surface area contributed by atoms with Crippen molar-refractivity contribution in [3.63, 3.8) is 0 Å². The van der Waals surface area contributed by atoms with Crippen LogP contribution >= 0.6 is 0 Å². The summed E-state index contributed by atoms with van der Waals surface area (Å²) in [5.74, 6) is -0.755. The number of nitrogens with zero attached hydrogens (tertiary/aromatic N) is 2. The van der Waals surface area contributed by atoms with Gasteiger partial charge in [-0.15, -0.1) is 0 Å². The fraction of sp³-hybridized carbons (Fsp3) is 0.125. The number of urea groups is 1. The first kappa shape index (κ1) is 19.4. The van der Waals surface area contributed by atoms with Crippen molar-refractivity contribution in [2.45, 2.75) is 12.6 Å². The van der Waals surface area contributed by atoms with Crippen LogP contribution in [0.4, 0.5) is 10.5 Å². The molecule has 3 aromatic rings. The van der Waals surface area contributed by atoms with Gasteiger partial charge in [0.05, 0.1) is 6.54 Å². The van der Waals surface area contributed by atoms with E-state index in [9.17, 15) is 14.4 Å². The summed E-state index contributed by atoms with van der Waals surface area (Å²) in [5, 5.41) is 2.67. The smallest absolute Gasteiger partial charge is 0.322 e. The van der Waals surface area contributed by atoms with Crippen LogP contribution in [-0.2, 0) is 16.1 Å². The minimum Gasteiger partial charge on any atom is -0.322 e. The van der Waals surface area contributed by atoms with Gasteiger partial charge in [0, 0.05) is 5.69 Å². The van der Waals surface area contributed by atoms with E-state index in [-0.39, 0.29) is 12.5 Å². The highest BCUT2D eigenvalue weighted by atomic mass is 16.2. The summed E-state index contributed by atoms with van der Waals surface area (Å²) >= 11 is 0. The van der Waals surface area contributed by atoms with E-state index in [2.05, 4.69) is 5.32 Å². The molecule has 150 valence electrons. The van der Waals surface area contributed by atoms with Crippen molar-refractivity contribution in [1.82, 2.24) is 10.2 Å². The van der Waals surface area contributed by atoms with E-state index in [0.29, 0.717) is 17.8 Å². The predicted molar refractivity (Wildman–Crippen MR) is 114 cm³/mol. The molecule has 0 saturated carbocycles. The molecule has 3 aromatic carbocycles. The van der Waals surface area contributed by atoms with Crippen molar-refractivity contribution in [1.29, 1.82) is 0 Å². The van der Waals surface area contributed by atoms with Crippen molar-refractivity contribution in [2.24, 2.45) is 0 Å². The Morgan fingerprint density at radius 1 is 0.833 bits per heavy atom. The van der Waals surface area contributed by atoms with Crippen LogP contribution < -0.4 is 10.2 Å². The van der Waals surface area contributed by atoms with Gasteiger partial charge in [-0.1, -0.05) is 78.9 Å². The molecule has 1 aliphatic heterocycles. The molecule has 0 bridgehead atoms. The lowest BCUT2D eigenvalue weighted by Gasteiger charge is -2.25. The second-order valence-electron chi connectivity index (χ2n) is 7.02. The van der Waals surface area contributed by atoms with Gasteiger partial charge in [-0.3, -0.25) is 14.5 Å². The van der Waals surface area contributed by atoms with Gasteiger partial charge in [-0.25, -0.2) is 4.79 Å². The fourth-order valence-electron chi connectivity index (χ4n) is 3.46. The zero-order chi connectivity index (χ0) is 20.9. The van der Waals surface area contributed by atoms with E-state index >= 15 is 0 Å². The highest BCUT2D eigenvalue weighted by molar-refractivity contribution is 6.08. The molecule has 1 atom stereocenters.